The van der Waals surface area contributed by atoms with Gasteiger partial charge in [-0.05, 0) is 6.92 Å². The van der Waals surface area contributed by atoms with Crippen molar-refractivity contribution in [1.82, 2.24) is 15.3 Å². The molecule has 0 aliphatic heterocycles. The molecule has 7 nitrogen and oxygen atoms in total. The van der Waals surface area contributed by atoms with Gasteiger partial charge in [-0.3, -0.25) is 4.79 Å². The maximum Gasteiger partial charge on any atom is 0.410 e. The molecule has 0 saturated heterocycles. The van der Waals surface area contributed by atoms with Gasteiger partial charge in [-0.25, -0.2) is 9.78 Å². The Kier molecular flexibility index (Phi) is 5.16. The number of carbonyl (C=O) groups is 2. The van der Waals surface area contributed by atoms with Gasteiger partial charge in [0.1, 0.15) is 0 Å². The van der Waals surface area contributed by atoms with E-state index in [1.165, 1.54) is 13.8 Å². The molecule has 1 heterocycles. The number of hydrogen-bond acceptors (Lipinski definition) is 5. The summed E-state index contributed by atoms with van der Waals surface area (Å²) in [6.45, 7) is 4.55. The van der Waals surface area contributed by atoms with E-state index in [0.717, 1.165) is 5.69 Å². The number of rotatable bonds is 5. The van der Waals surface area contributed by atoms with Crippen molar-refractivity contribution in [2.45, 2.75) is 39.5 Å². The molecule has 0 aliphatic carbocycles. The van der Waals surface area contributed by atoms with Gasteiger partial charge in [0.25, 0.3) is 0 Å². The number of imidazole rings is 1. The highest BCUT2D eigenvalue weighted by molar-refractivity contribution is 5.69. The highest BCUT2D eigenvalue weighted by atomic mass is 16.7. The van der Waals surface area contributed by atoms with Gasteiger partial charge in [-0.15, -0.1) is 0 Å². The highest BCUT2D eigenvalue weighted by Gasteiger charge is 2.14. The highest BCUT2D eigenvalue weighted by Crippen LogP contribution is 2.00. The Bertz CT molecular complexity index is 391. The number of aromatic nitrogens is 2. The number of aromatic amines is 1. The smallest absolute Gasteiger partial charge is 0.410 e. The quantitative estimate of drug-likeness (QED) is 0.604. The molecule has 100 valence electrons. The molecule has 0 radical (unpaired) electrons. The first-order valence-electron chi connectivity index (χ1n) is 5.59. The lowest BCUT2D eigenvalue weighted by Crippen LogP contribution is -2.37. The normalized spacial score (nSPS) is 13.5. The van der Waals surface area contributed by atoms with Crippen molar-refractivity contribution in [3.8, 4) is 0 Å². The molecule has 0 bridgehead atoms. The fourth-order valence-electron chi connectivity index (χ4n) is 1.42. The molecule has 2 atom stereocenters. The lowest BCUT2D eigenvalue weighted by molar-refractivity contribution is -0.162. The summed E-state index contributed by atoms with van der Waals surface area (Å²) in [5.41, 5.74) is 0.913. The Balaban J connectivity index is 2.29. The fourth-order valence-corrected chi connectivity index (χ4v) is 1.42. The predicted octanol–water partition coefficient (Wildman–Crippen LogP) is 0.976. The van der Waals surface area contributed by atoms with Crippen LogP contribution in [0.1, 0.15) is 26.5 Å². The van der Waals surface area contributed by atoms with Crippen LogP contribution in [0.25, 0.3) is 0 Å². The first-order chi connectivity index (χ1) is 8.47. The van der Waals surface area contributed by atoms with Crippen LogP contribution in [0.2, 0.25) is 0 Å². The van der Waals surface area contributed by atoms with Crippen molar-refractivity contribution in [2.24, 2.45) is 0 Å². The van der Waals surface area contributed by atoms with Gasteiger partial charge in [-0.1, -0.05) is 0 Å². The number of hydrogen-bond donors (Lipinski definition) is 2. The molecule has 18 heavy (non-hydrogen) atoms. The first kappa shape index (κ1) is 14.0. The summed E-state index contributed by atoms with van der Waals surface area (Å²) in [6, 6.07) is -0.123. The van der Waals surface area contributed by atoms with Gasteiger partial charge >= 0.3 is 12.1 Å². The first-order valence-corrected chi connectivity index (χ1v) is 5.59. The third kappa shape index (κ3) is 5.33. The van der Waals surface area contributed by atoms with Gasteiger partial charge in [0.15, 0.2) is 0 Å². The van der Waals surface area contributed by atoms with E-state index in [-0.39, 0.29) is 6.04 Å². The molecule has 1 unspecified atom stereocenters. The lowest BCUT2D eigenvalue weighted by Gasteiger charge is -2.16. The van der Waals surface area contributed by atoms with Crippen LogP contribution >= 0.6 is 0 Å². The molecule has 0 aromatic carbocycles. The number of nitrogens with zero attached hydrogens (tertiary/aromatic N) is 1. The summed E-state index contributed by atoms with van der Waals surface area (Å²) in [4.78, 5) is 28.9. The Morgan fingerprint density at radius 1 is 1.44 bits per heavy atom. The standard InChI is InChI=1S/C11H17N3O4/c1-7(4-10-5-12-6-13-10)14-11(16)18-9(3)17-8(2)15/h5-7,9H,4H2,1-3H3,(H,12,13)(H,14,16)/t7-,9?/m1/s1. The minimum absolute atomic E-state index is 0.123. The van der Waals surface area contributed by atoms with Crippen molar-refractivity contribution >= 4 is 12.1 Å². The summed E-state index contributed by atoms with van der Waals surface area (Å²) in [6.07, 6.45) is 2.34. The van der Waals surface area contributed by atoms with Gasteiger partial charge in [0, 0.05) is 38.2 Å². The minimum Gasteiger partial charge on any atom is -0.426 e. The maximum atomic E-state index is 11.4. The number of amides is 1. The SMILES string of the molecule is CC(=O)OC(C)OC(=O)N[C@H](C)Cc1cnc[nH]1. The Morgan fingerprint density at radius 2 is 2.17 bits per heavy atom. The van der Waals surface area contributed by atoms with E-state index in [1.54, 1.807) is 12.5 Å². The molecule has 0 fully saturated rings. The van der Waals surface area contributed by atoms with Crippen molar-refractivity contribution in [3.63, 3.8) is 0 Å². The van der Waals surface area contributed by atoms with Crippen LogP contribution in [-0.2, 0) is 20.7 Å². The van der Waals surface area contributed by atoms with Crippen LogP contribution < -0.4 is 5.32 Å². The van der Waals surface area contributed by atoms with Gasteiger partial charge in [-0.2, -0.15) is 0 Å². The maximum absolute atomic E-state index is 11.4. The second-order valence-electron chi connectivity index (χ2n) is 3.91. The average molecular weight is 255 g/mol. The number of esters is 1. The monoisotopic (exact) mass is 255 g/mol. The van der Waals surface area contributed by atoms with Crippen molar-refractivity contribution < 1.29 is 19.1 Å². The zero-order valence-corrected chi connectivity index (χ0v) is 10.6. The molecule has 7 heteroatoms. The molecular formula is C11H17N3O4. The minimum atomic E-state index is -0.901. The Hall–Kier alpha value is -2.05. The van der Waals surface area contributed by atoms with E-state index in [2.05, 4.69) is 20.0 Å². The number of nitrogens with one attached hydrogen (secondary N) is 2. The van der Waals surface area contributed by atoms with Crippen molar-refractivity contribution in [1.29, 1.82) is 0 Å². The summed E-state index contributed by atoms with van der Waals surface area (Å²) in [7, 11) is 0. The molecule has 2 N–H and O–H groups in total. The zero-order valence-electron chi connectivity index (χ0n) is 10.6. The van der Waals surface area contributed by atoms with Crippen molar-refractivity contribution in [2.75, 3.05) is 0 Å². The summed E-state index contributed by atoms with van der Waals surface area (Å²) >= 11 is 0. The van der Waals surface area contributed by atoms with Gasteiger partial charge in [0.2, 0.25) is 6.29 Å². The van der Waals surface area contributed by atoms with Crippen LogP contribution in [0.5, 0.6) is 0 Å². The molecule has 1 aromatic heterocycles. The molecular weight excluding hydrogens is 238 g/mol. The van der Waals surface area contributed by atoms with Crippen LogP contribution in [0.15, 0.2) is 12.5 Å². The summed E-state index contributed by atoms with van der Waals surface area (Å²) in [5, 5.41) is 2.62. The molecule has 0 spiro atoms. The van der Waals surface area contributed by atoms with E-state index in [4.69, 9.17) is 4.74 Å². The lowest BCUT2D eigenvalue weighted by atomic mass is 10.2. The Morgan fingerprint density at radius 3 is 2.72 bits per heavy atom. The molecule has 1 amide bonds. The van der Waals surface area contributed by atoms with Crippen molar-refractivity contribution in [3.05, 3.63) is 18.2 Å². The summed E-state index contributed by atoms with van der Waals surface area (Å²) in [5.74, 6) is -0.499. The van der Waals surface area contributed by atoms with Gasteiger partial charge < -0.3 is 19.8 Å². The molecule has 0 aliphatic rings. The Labute approximate surface area is 105 Å². The van der Waals surface area contributed by atoms with Crippen LogP contribution in [-0.4, -0.2) is 34.4 Å². The van der Waals surface area contributed by atoms with E-state index in [1.807, 2.05) is 6.92 Å². The van der Waals surface area contributed by atoms with E-state index in [0.29, 0.717) is 6.42 Å². The van der Waals surface area contributed by atoms with E-state index in [9.17, 15) is 9.59 Å². The second kappa shape index (κ2) is 6.63. The van der Waals surface area contributed by atoms with Crippen LogP contribution in [0.4, 0.5) is 4.79 Å². The fraction of sp³-hybridized carbons (Fsp3) is 0.545. The largest absolute Gasteiger partial charge is 0.426 e. The number of ether oxygens (including phenoxy) is 2. The van der Waals surface area contributed by atoms with E-state index >= 15 is 0 Å². The second-order valence-corrected chi connectivity index (χ2v) is 3.91. The molecule has 1 rings (SSSR count). The summed E-state index contributed by atoms with van der Waals surface area (Å²) < 4.78 is 9.50. The van der Waals surface area contributed by atoms with Crippen LogP contribution in [0, 0.1) is 0 Å². The van der Waals surface area contributed by atoms with Crippen LogP contribution in [0.3, 0.4) is 0 Å². The topological polar surface area (TPSA) is 93.3 Å². The number of H-pyrrole nitrogens is 1. The average Bonchev–Trinajstić information content (AvgIpc) is 2.67. The molecule has 1 aromatic rings. The number of carbonyl (C=O) groups excluding carboxylic acids is 2. The third-order valence-corrected chi connectivity index (χ3v) is 2.05. The predicted molar refractivity (Wildman–Crippen MR) is 62.6 cm³/mol. The molecule has 0 saturated carbocycles. The van der Waals surface area contributed by atoms with Gasteiger partial charge in [0.05, 0.1) is 6.33 Å². The zero-order chi connectivity index (χ0) is 13.5. The van der Waals surface area contributed by atoms with E-state index < -0.39 is 18.4 Å². The number of alkyl carbamates (subject to hydrolysis) is 1. The third-order valence-electron chi connectivity index (χ3n) is 2.05.